The molecule has 100 valence electrons. The van der Waals surface area contributed by atoms with Crippen molar-refractivity contribution in [1.82, 2.24) is 9.55 Å². The van der Waals surface area contributed by atoms with Gasteiger partial charge in [0.2, 0.25) is 5.95 Å². The Morgan fingerprint density at radius 3 is 2.85 bits per heavy atom. The van der Waals surface area contributed by atoms with Crippen molar-refractivity contribution >= 4 is 16.7 Å². The number of fused-ring (bicyclic) bond motifs is 1. The Morgan fingerprint density at radius 2 is 1.95 bits per heavy atom. The summed E-state index contributed by atoms with van der Waals surface area (Å²) in [6.07, 6.45) is 6.45. The van der Waals surface area contributed by atoms with Crippen molar-refractivity contribution in [2.75, 3.05) is 5.32 Å². The molecule has 0 aliphatic heterocycles. The van der Waals surface area contributed by atoms with Crippen molar-refractivity contribution in [3.8, 4) is 0 Å². The van der Waals surface area contributed by atoms with Crippen LogP contribution in [0.2, 0.25) is 0 Å². The van der Waals surface area contributed by atoms with E-state index in [2.05, 4.69) is 57.3 Å². The minimum atomic E-state index is 0.628. The van der Waals surface area contributed by atoms with Crippen LogP contribution in [0.15, 0.2) is 54.9 Å². The first-order valence-electron chi connectivity index (χ1n) is 7.14. The Balaban J connectivity index is 1.68. The summed E-state index contributed by atoms with van der Waals surface area (Å²) >= 11 is 0. The molecule has 1 fully saturated rings. The van der Waals surface area contributed by atoms with E-state index in [1.54, 1.807) is 0 Å². The summed E-state index contributed by atoms with van der Waals surface area (Å²) in [4.78, 5) is 4.42. The Morgan fingerprint density at radius 1 is 1.10 bits per heavy atom. The zero-order valence-electron chi connectivity index (χ0n) is 11.3. The number of imidazole rings is 1. The second kappa shape index (κ2) is 4.67. The fraction of sp³-hybridized carbons (Fsp3) is 0.235. The van der Waals surface area contributed by atoms with E-state index in [4.69, 9.17) is 0 Å². The number of benzene rings is 2. The van der Waals surface area contributed by atoms with Gasteiger partial charge in [-0.25, -0.2) is 4.98 Å². The fourth-order valence-corrected chi connectivity index (χ4v) is 2.60. The van der Waals surface area contributed by atoms with E-state index in [9.17, 15) is 0 Å². The van der Waals surface area contributed by atoms with E-state index in [0.29, 0.717) is 6.04 Å². The van der Waals surface area contributed by atoms with Gasteiger partial charge in [0, 0.05) is 18.4 Å². The van der Waals surface area contributed by atoms with E-state index in [0.717, 1.165) is 12.5 Å². The van der Waals surface area contributed by atoms with Gasteiger partial charge < -0.3 is 9.88 Å². The average Bonchev–Trinajstić information content (AvgIpc) is 3.19. The highest BCUT2D eigenvalue weighted by molar-refractivity contribution is 5.85. The van der Waals surface area contributed by atoms with Crippen LogP contribution >= 0.6 is 0 Å². The van der Waals surface area contributed by atoms with Crippen LogP contribution in [0, 0.1) is 0 Å². The summed E-state index contributed by atoms with van der Waals surface area (Å²) < 4.78 is 2.19. The lowest BCUT2D eigenvalue weighted by atomic mass is 10.0. The summed E-state index contributed by atoms with van der Waals surface area (Å²) in [7, 11) is 0. The second-order valence-corrected chi connectivity index (χ2v) is 5.44. The number of hydrogen-bond acceptors (Lipinski definition) is 2. The molecule has 0 spiro atoms. The molecule has 0 unspecified atom stereocenters. The number of rotatable bonds is 4. The summed E-state index contributed by atoms with van der Waals surface area (Å²) in [5.41, 5.74) is 1.33. The van der Waals surface area contributed by atoms with Gasteiger partial charge in [-0.15, -0.1) is 0 Å². The van der Waals surface area contributed by atoms with E-state index in [-0.39, 0.29) is 0 Å². The number of nitrogens with zero attached hydrogens (tertiary/aromatic N) is 2. The van der Waals surface area contributed by atoms with Crippen molar-refractivity contribution in [3.05, 3.63) is 60.4 Å². The maximum Gasteiger partial charge on any atom is 0.203 e. The van der Waals surface area contributed by atoms with Crippen LogP contribution in [0.5, 0.6) is 0 Å². The smallest absolute Gasteiger partial charge is 0.203 e. The molecule has 2 aromatic carbocycles. The van der Waals surface area contributed by atoms with Gasteiger partial charge in [0.15, 0.2) is 0 Å². The third-order valence-electron chi connectivity index (χ3n) is 3.85. The molecular formula is C17H17N3. The zero-order chi connectivity index (χ0) is 13.4. The largest absolute Gasteiger partial charge is 0.353 e. The summed E-state index contributed by atoms with van der Waals surface area (Å²) in [5.74, 6) is 0.987. The molecule has 0 amide bonds. The summed E-state index contributed by atoms with van der Waals surface area (Å²) in [5, 5.41) is 6.10. The molecule has 1 saturated carbocycles. The standard InChI is InChI=1S/C17H17N3/c1-2-7-16-13(4-1)5-3-6-14(16)12-20-11-10-18-17(20)19-15-8-9-15/h1-7,10-11,15H,8-9,12H2,(H,18,19). The highest BCUT2D eigenvalue weighted by Crippen LogP contribution is 2.25. The maximum atomic E-state index is 4.42. The number of nitrogens with one attached hydrogen (secondary N) is 1. The Bertz CT molecular complexity index is 735. The Kier molecular flexibility index (Phi) is 2.69. The van der Waals surface area contributed by atoms with Crippen molar-refractivity contribution in [2.24, 2.45) is 0 Å². The van der Waals surface area contributed by atoms with Crippen molar-refractivity contribution in [2.45, 2.75) is 25.4 Å². The number of hydrogen-bond donors (Lipinski definition) is 1. The van der Waals surface area contributed by atoms with E-state index in [1.165, 1.54) is 29.2 Å². The summed E-state index contributed by atoms with van der Waals surface area (Å²) in [6.45, 7) is 0.858. The van der Waals surface area contributed by atoms with Crippen LogP contribution < -0.4 is 5.32 Å². The molecule has 1 N–H and O–H groups in total. The van der Waals surface area contributed by atoms with Crippen molar-refractivity contribution in [1.29, 1.82) is 0 Å². The van der Waals surface area contributed by atoms with Crippen LogP contribution in [-0.2, 0) is 6.54 Å². The molecule has 3 aromatic rings. The maximum absolute atomic E-state index is 4.42. The fourth-order valence-electron chi connectivity index (χ4n) is 2.60. The summed E-state index contributed by atoms with van der Waals surface area (Å²) in [6, 6.07) is 15.7. The number of aromatic nitrogens is 2. The molecule has 1 aliphatic rings. The molecule has 0 saturated heterocycles. The normalized spacial score (nSPS) is 14.6. The van der Waals surface area contributed by atoms with Crippen LogP contribution in [0.25, 0.3) is 10.8 Å². The molecule has 20 heavy (non-hydrogen) atoms. The van der Waals surface area contributed by atoms with E-state index in [1.807, 2.05) is 12.4 Å². The average molecular weight is 263 g/mol. The zero-order valence-corrected chi connectivity index (χ0v) is 11.3. The molecule has 1 aliphatic carbocycles. The molecule has 0 bridgehead atoms. The third kappa shape index (κ3) is 2.16. The van der Waals surface area contributed by atoms with Gasteiger partial charge in [0.25, 0.3) is 0 Å². The first kappa shape index (κ1) is 11.5. The lowest BCUT2D eigenvalue weighted by molar-refractivity contribution is 0.801. The van der Waals surface area contributed by atoms with Gasteiger partial charge in [-0.05, 0) is 29.2 Å². The first-order chi connectivity index (χ1) is 9.90. The van der Waals surface area contributed by atoms with Crippen LogP contribution in [-0.4, -0.2) is 15.6 Å². The monoisotopic (exact) mass is 263 g/mol. The van der Waals surface area contributed by atoms with Crippen molar-refractivity contribution < 1.29 is 0 Å². The minimum absolute atomic E-state index is 0.628. The predicted molar refractivity (Wildman–Crippen MR) is 81.9 cm³/mol. The molecular weight excluding hydrogens is 246 g/mol. The lowest BCUT2D eigenvalue weighted by Crippen LogP contribution is -2.09. The van der Waals surface area contributed by atoms with Crippen LogP contribution in [0.4, 0.5) is 5.95 Å². The molecule has 4 rings (SSSR count). The number of anilines is 1. The highest BCUT2D eigenvalue weighted by Gasteiger charge is 2.22. The Hall–Kier alpha value is -2.29. The van der Waals surface area contributed by atoms with Gasteiger partial charge >= 0.3 is 0 Å². The third-order valence-corrected chi connectivity index (χ3v) is 3.85. The topological polar surface area (TPSA) is 29.9 Å². The first-order valence-corrected chi connectivity index (χ1v) is 7.14. The predicted octanol–water partition coefficient (Wildman–Crippen LogP) is 3.66. The second-order valence-electron chi connectivity index (χ2n) is 5.44. The molecule has 1 aromatic heterocycles. The molecule has 0 radical (unpaired) electrons. The van der Waals surface area contributed by atoms with Gasteiger partial charge in [0.05, 0.1) is 6.54 Å². The lowest BCUT2D eigenvalue weighted by Gasteiger charge is -2.11. The SMILES string of the molecule is c1ccc2c(Cn3ccnc3NC3CC3)cccc2c1. The minimum Gasteiger partial charge on any atom is -0.353 e. The molecule has 1 heterocycles. The van der Waals surface area contributed by atoms with E-state index >= 15 is 0 Å². The molecule has 0 atom stereocenters. The van der Waals surface area contributed by atoms with Gasteiger partial charge in [-0.1, -0.05) is 42.5 Å². The van der Waals surface area contributed by atoms with Gasteiger partial charge in [-0.2, -0.15) is 0 Å². The van der Waals surface area contributed by atoms with Gasteiger partial charge in [-0.3, -0.25) is 0 Å². The quantitative estimate of drug-likeness (QED) is 0.778. The molecule has 3 nitrogen and oxygen atoms in total. The van der Waals surface area contributed by atoms with Gasteiger partial charge in [0.1, 0.15) is 0 Å². The van der Waals surface area contributed by atoms with Crippen molar-refractivity contribution in [3.63, 3.8) is 0 Å². The molecule has 3 heteroatoms. The van der Waals surface area contributed by atoms with Crippen LogP contribution in [0.1, 0.15) is 18.4 Å². The highest BCUT2D eigenvalue weighted by atomic mass is 15.2. The van der Waals surface area contributed by atoms with Crippen LogP contribution in [0.3, 0.4) is 0 Å². The Labute approximate surface area is 118 Å². The van der Waals surface area contributed by atoms with E-state index < -0.39 is 0 Å².